The van der Waals surface area contributed by atoms with Crippen molar-refractivity contribution in [2.45, 2.75) is 25.8 Å². The molecule has 1 saturated heterocycles. The van der Waals surface area contributed by atoms with Gasteiger partial charge in [-0.25, -0.2) is 5.10 Å². The smallest absolute Gasteiger partial charge is 0.264 e. The van der Waals surface area contributed by atoms with Crippen LogP contribution in [0.15, 0.2) is 41.2 Å². The summed E-state index contributed by atoms with van der Waals surface area (Å²) in [6.45, 7) is 3.14. The molecule has 136 valence electrons. The first kappa shape index (κ1) is 16.9. The number of amides is 1. The fourth-order valence-corrected chi connectivity index (χ4v) is 4.17. The summed E-state index contributed by atoms with van der Waals surface area (Å²) in [7, 11) is 0. The van der Waals surface area contributed by atoms with Gasteiger partial charge in [0.1, 0.15) is 0 Å². The zero-order chi connectivity index (χ0) is 18.1. The number of aromatic amines is 1. The molecule has 1 aliphatic carbocycles. The number of rotatable bonds is 3. The highest BCUT2D eigenvalue weighted by atomic mass is 16.2. The average molecular weight is 353 g/mol. The standard InChI is InChI=1S/C19H23N5O2/c1-11-7-13-10-20-24-18(13)15(8-11)19(26)21-14-4-2-3-12(9-14)16-5-6-17(25)23-22-16/h2-6,9,11,13,15,18,20,24H,7-8,10H2,1H3,(H,21,26)(H,23,25). The van der Waals surface area contributed by atoms with Crippen molar-refractivity contribution in [3.63, 3.8) is 0 Å². The highest BCUT2D eigenvalue weighted by Crippen LogP contribution is 2.35. The van der Waals surface area contributed by atoms with Gasteiger partial charge in [-0.3, -0.25) is 20.4 Å². The number of benzene rings is 1. The number of anilines is 1. The van der Waals surface area contributed by atoms with Crippen LogP contribution in [-0.2, 0) is 4.79 Å². The molecule has 4 N–H and O–H groups in total. The van der Waals surface area contributed by atoms with Crippen LogP contribution in [0.4, 0.5) is 5.69 Å². The highest BCUT2D eigenvalue weighted by molar-refractivity contribution is 5.93. The maximum Gasteiger partial charge on any atom is 0.264 e. The van der Waals surface area contributed by atoms with E-state index in [0.29, 0.717) is 17.5 Å². The van der Waals surface area contributed by atoms with Crippen LogP contribution in [-0.4, -0.2) is 28.7 Å². The normalized spacial score (nSPS) is 27.7. The molecule has 26 heavy (non-hydrogen) atoms. The molecule has 1 saturated carbocycles. The predicted molar refractivity (Wildman–Crippen MR) is 99.2 cm³/mol. The molecule has 2 aromatic rings. The second-order valence-electron chi connectivity index (χ2n) is 7.37. The van der Waals surface area contributed by atoms with Crippen molar-refractivity contribution in [2.75, 3.05) is 11.9 Å². The average Bonchev–Trinajstić information content (AvgIpc) is 3.10. The van der Waals surface area contributed by atoms with Crippen molar-refractivity contribution in [3.8, 4) is 11.3 Å². The number of aromatic nitrogens is 2. The molecular weight excluding hydrogens is 330 g/mol. The number of fused-ring (bicyclic) bond motifs is 1. The van der Waals surface area contributed by atoms with Crippen LogP contribution in [0.5, 0.6) is 0 Å². The molecule has 4 unspecified atom stereocenters. The molecule has 0 radical (unpaired) electrons. The van der Waals surface area contributed by atoms with E-state index in [2.05, 4.69) is 33.3 Å². The van der Waals surface area contributed by atoms with Crippen LogP contribution in [0.25, 0.3) is 11.3 Å². The zero-order valence-electron chi connectivity index (χ0n) is 14.7. The van der Waals surface area contributed by atoms with Gasteiger partial charge in [-0.05, 0) is 42.9 Å². The van der Waals surface area contributed by atoms with Gasteiger partial charge in [0.2, 0.25) is 5.91 Å². The summed E-state index contributed by atoms with van der Waals surface area (Å²) in [4.78, 5) is 24.1. The van der Waals surface area contributed by atoms with E-state index in [1.54, 1.807) is 6.07 Å². The highest BCUT2D eigenvalue weighted by Gasteiger charge is 2.42. The van der Waals surface area contributed by atoms with Gasteiger partial charge in [0.15, 0.2) is 0 Å². The van der Waals surface area contributed by atoms with Gasteiger partial charge in [0.05, 0.1) is 11.6 Å². The second-order valence-corrected chi connectivity index (χ2v) is 7.37. The number of nitrogens with one attached hydrogen (secondary N) is 4. The lowest BCUT2D eigenvalue weighted by Gasteiger charge is -2.35. The van der Waals surface area contributed by atoms with E-state index in [1.807, 2.05) is 24.3 Å². The summed E-state index contributed by atoms with van der Waals surface area (Å²) in [6.07, 6.45) is 2.05. The Morgan fingerprint density at radius 2 is 2.12 bits per heavy atom. The van der Waals surface area contributed by atoms with Crippen LogP contribution in [0.1, 0.15) is 19.8 Å². The minimum absolute atomic E-state index is 0.0476. The van der Waals surface area contributed by atoms with E-state index < -0.39 is 0 Å². The minimum atomic E-state index is -0.239. The number of carbonyl (C=O) groups excluding carboxylic acids is 1. The summed E-state index contributed by atoms with van der Waals surface area (Å²) in [5.74, 6) is 1.06. The summed E-state index contributed by atoms with van der Waals surface area (Å²) < 4.78 is 0. The number of hydrogen-bond acceptors (Lipinski definition) is 5. The zero-order valence-corrected chi connectivity index (χ0v) is 14.7. The van der Waals surface area contributed by atoms with Gasteiger partial charge in [0, 0.05) is 29.9 Å². The van der Waals surface area contributed by atoms with E-state index in [-0.39, 0.29) is 23.4 Å². The second kappa shape index (κ2) is 7.01. The Bertz CT molecular complexity index is 845. The Kier molecular flexibility index (Phi) is 4.57. The molecule has 0 bridgehead atoms. The van der Waals surface area contributed by atoms with Crippen molar-refractivity contribution in [3.05, 3.63) is 46.8 Å². The SMILES string of the molecule is CC1CC2CNNC2C(C(=O)Nc2cccc(-c3ccc(=O)[nH]n3)c2)C1. The molecule has 2 fully saturated rings. The Hall–Kier alpha value is -2.51. The first-order chi connectivity index (χ1) is 12.6. The van der Waals surface area contributed by atoms with E-state index in [9.17, 15) is 9.59 Å². The van der Waals surface area contributed by atoms with Crippen molar-refractivity contribution in [2.24, 2.45) is 17.8 Å². The van der Waals surface area contributed by atoms with E-state index in [4.69, 9.17) is 0 Å². The number of hydrazine groups is 1. The summed E-state index contributed by atoms with van der Waals surface area (Å²) in [5, 5.41) is 9.54. The third-order valence-corrected chi connectivity index (χ3v) is 5.38. The predicted octanol–water partition coefficient (Wildman–Crippen LogP) is 1.51. The Balaban J connectivity index is 1.51. The molecular formula is C19H23N5O2. The molecule has 7 heteroatoms. The van der Waals surface area contributed by atoms with Crippen molar-refractivity contribution >= 4 is 11.6 Å². The Labute approximate surface area is 151 Å². The van der Waals surface area contributed by atoms with Gasteiger partial charge in [-0.15, -0.1) is 0 Å². The molecule has 1 aromatic heterocycles. The van der Waals surface area contributed by atoms with Gasteiger partial charge in [-0.1, -0.05) is 19.1 Å². The first-order valence-corrected chi connectivity index (χ1v) is 9.05. The number of H-pyrrole nitrogens is 1. The summed E-state index contributed by atoms with van der Waals surface area (Å²) in [5.41, 5.74) is 8.49. The Morgan fingerprint density at radius 1 is 1.23 bits per heavy atom. The largest absolute Gasteiger partial charge is 0.326 e. The maximum atomic E-state index is 12.9. The van der Waals surface area contributed by atoms with Crippen LogP contribution >= 0.6 is 0 Å². The molecule has 2 heterocycles. The molecule has 1 amide bonds. The third kappa shape index (κ3) is 3.40. The van der Waals surface area contributed by atoms with E-state index >= 15 is 0 Å². The van der Waals surface area contributed by atoms with E-state index in [0.717, 1.165) is 30.6 Å². The van der Waals surface area contributed by atoms with Crippen LogP contribution < -0.4 is 21.7 Å². The number of nitrogens with zero attached hydrogens (tertiary/aromatic N) is 1. The van der Waals surface area contributed by atoms with Gasteiger partial charge >= 0.3 is 0 Å². The fourth-order valence-electron chi connectivity index (χ4n) is 4.17. The van der Waals surface area contributed by atoms with Gasteiger partial charge < -0.3 is 5.32 Å². The van der Waals surface area contributed by atoms with Gasteiger partial charge in [-0.2, -0.15) is 5.10 Å². The lowest BCUT2D eigenvalue weighted by molar-refractivity contribution is -0.122. The monoisotopic (exact) mass is 353 g/mol. The molecule has 1 aliphatic heterocycles. The quantitative estimate of drug-likeness (QED) is 0.670. The maximum absolute atomic E-state index is 12.9. The van der Waals surface area contributed by atoms with Crippen molar-refractivity contribution < 1.29 is 4.79 Å². The summed E-state index contributed by atoms with van der Waals surface area (Å²) >= 11 is 0. The molecule has 7 nitrogen and oxygen atoms in total. The lowest BCUT2D eigenvalue weighted by Crippen LogP contribution is -2.47. The molecule has 0 spiro atoms. The fraction of sp³-hybridized carbons (Fsp3) is 0.421. The summed E-state index contributed by atoms with van der Waals surface area (Å²) in [6, 6.07) is 10.8. The molecule has 2 aliphatic rings. The van der Waals surface area contributed by atoms with Gasteiger partial charge in [0.25, 0.3) is 5.56 Å². The first-order valence-electron chi connectivity index (χ1n) is 9.05. The number of carbonyl (C=O) groups is 1. The molecule has 1 aromatic carbocycles. The lowest BCUT2D eigenvalue weighted by atomic mass is 9.73. The van der Waals surface area contributed by atoms with E-state index in [1.165, 1.54) is 6.07 Å². The minimum Gasteiger partial charge on any atom is -0.326 e. The van der Waals surface area contributed by atoms with Crippen molar-refractivity contribution in [1.29, 1.82) is 0 Å². The van der Waals surface area contributed by atoms with Crippen LogP contribution in [0, 0.1) is 17.8 Å². The molecule has 4 rings (SSSR count). The topological polar surface area (TPSA) is 98.9 Å². The number of hydrogen-bond donors (Lipinski definition) is 4. The van der Waals surface area contributed by atoms with Crippen LogP contribution in [0.2, 0.25) is 0 Å². The molecule has 4 atom stereocenters. The van der Waals surface area contributed by atoms with Crippen LogP contribution in [0.3, 0.4) is 0 Å². The van der Waals surface area contributed by atoms with Crippen molar-refractivity contribution in [1.82, 2.24) is 21.0 Å². The Morgan fingerprint density at radius 3 is 2.92 bits per heavy atom. The third-order valence-electron chi connectivity index (χ3n) is 5.38.